The Labute approximate surface area is 152 Å². The number of carbonyl (C=O) groups is 2. The lowest BCUT2D eigenvalue weighted by Crippen LogP contribution is -2.42. The first-order valence-corrected chi connectivity index (χ1v) is 8.82. The molecule has 2 N–H and O–H groups in total. The number of hydrogen-bond donors (Lipinski definition) is 2. The van der Waals surface area contributed by atoms with E-state index in [0.29, 0.717) is 24.7 Å². The van der Waals surface area contributed by atoms with Crippen molar-refractivity contribution in [2.45, 2.75) is 12.8 Å². The fraction of sp³-hybridized carbons (Fsp3) is 0.368. The Morgan fingerprint density at radius 1 is 1.12 bits per heavy atom. The highest BCUT2D eigenvalue weighted by molar-refractivity contribution is 5.92. The van der Waals surface area contributed by atoms with Gasteiger partial charge in [-0.2, -0.15) is 0 Å². The highest BCUT2D eigenvalue weighted by atomic mass is 16.2. The summed E-state index contributed by atoms with van der Waals surface area (Å²) in [6, 6.07) is 9.48. The number of benzene rings is 1. The van der Waals surface area contributed by atoms with Gasteiger partial charge in [0.2, 0.25) is 5.91 Å². The average Bonchev–Trinajstić information content (AvgIpc) is 2.68. The van der Waals surface area contributed by atoms with Gasteiger partial charge < -0.3 is 10.6 Å². The van der Waals surface area contributed by atoms with Crippen molar-refractivity contribution < 1.29 is 9.59 Å². The number of amides is 2. The van der Waals surface area contributed by atoms with Crippen LogP contribution in [0.4, 0.5) is 5.69 Å². The Balaban J connectivity index is 1.36. The molecule has 1 saturated heterocycles. The van der Waals surface area contributed by atoms with E-state index in [0.717, 1.165) is 31.6 Å². The van der Waals surface area contributed by atoms with E-state index in [9.17, 15) is 9.59 Å². The molecule has 0 unspecified atom stereocenters. The number of hydrogen-bond acceptors (Lipinski definition) is 5. The summed E-state index contributed by atoms with van der Waals surface area (Å²) in [6.07, 6.45) is 6.43. The number of piperidine rings is 1. The minimum atomic E-state index is -0.192. The van der Waals surface area contributed by atoms with Gasteiger partial charge >= 0.3 is 0 Å². The lowest BCUT2D eigenvalue weighted by molar-refractivity contribution is -0.117. The molecule has 1 aliphatic heterocycles. The van der Waals surface area contributed by atoms with Crippen LogP contribution in [0.2, 0.25) is 0 Å². The smallest absolute Gasteiger partial charge is 0.271 e. The molecule has 7 nitrogen and oxygen atoms in total. The molecule has 0 atom stereocenters. The van der Waals surface area contributed by atoms with E-state index < -0.39 is 0 Å². The lowest BCUT2D eigenvalue weighted by Gasteiger charge is -2.31. The second-order valence-electron chi connectivity index (χ2n) is 6.43. The van der Waals surface area contributed by atoms with E-state index in [1.807, 2.05) is 30.3 Å². The van der Waals surface area contributed by atoms with Gasteiger partial charge in [-0.15, -0.1) is 0 Å². The van der Waals surface area contributed by atoms with Crippen LogP contribution in [0.15, 0.2) is 48.9 Å². The van der Waals surface area contributed by atoms with E-state index in [1.165, 1.54) is 12.4 Å². The van der Waals surface area contributed by atoms with Crippen LogP contribution in [0.25, 0.3) is 0 Å². The third-order valence-electron chi connectivity index (χ3n) is 4.48. The number of nitrogens with one attached hydrogen (secondary N) is 2. The molecule has 0 radical (unpaired) electrons. The van der Waals surface area contributed by atoms with Gasteiger partial charge in [0.1, 0.15) is 5.69 Å². The first kappa shape index (κ1) is 18.0. The fourth-order valence-electron chi connectivity index (χ4n) is 3.02. The molecule has 0 bridgehead atoms. The van der Waals surface area contributed by atoms with Crippen molar-refractivity contribution in [3.8, 4) is 0 Å². The summed E-state index contributed by atoms with van der Waals surface area (Å²) in [6.45, 7) is 2.73. The molecule has 0 aliphatic carbocycles. The van der Waals surface area contributed by atoms with Gasteiger partial charge in [0, 0.05) is 24.6 Å². The molecule has 1 aromatic heterocycles. The first-order chi connectivity index (χ1) is 12.7. The summed E-state index contributed by atoms with van der Waals surface area (Å²) in [5.74, 6) is 0.234. The van der Waals surface area contributed by atoms with E-state index in [4.69, 9.17) is 0 Å². The van der Waals surface area contributed by atoms with Crippen molar-refractivity contribution in [1.82, 2.24) is 20.2 Å². The monoisotopic (exact) mass is 353 g/mol. The van der Waals surface area contributed by atoms with Gasteiger partial charge in [0.15, 0.2) is 0 Å². The van der Waals surface area contributed by atoms with Crippen LogP contribution in [0.1, 0.15) is 23.3 Å². The number of aromatic nitrogens is 2. The lowest BCUT2D eigenvalue weighted by atomic mass is 9.96. The predicted octanol–water partition coefficient (Wildman–Crippen LogP) is 1.56. The molecule has 0 spiro atoms. The number of anilines is 1. The molecule has 3 rings (SSSR count). The first-order valence-electron chi connectivity index (χ1n) is 8.82. The summed E-state index contributed by atoms with van der Waals surface area (Å²) >= 11 is 0. The molecule has 2 heterocycles. The van der Waals surface area contributed by atoms with Crippen molar-refractivity contribution in [3.63, 3.8) is 0 Å². The molecule has 2 amide bonds. The minimum absolute atomic E-state index is 0.00519. The van der Waals surface area contributed by atoms with E-state index in [-0.39, 0.29) is 11.8 Å². The van der Waals surface area contributed by atoms with Crippen molar-refractivity contribution >= 4 is 17.5 Å². The second kappa shape index (κ2) is 9.05. The van der Waals surface area contributed by atoms with Gasteiger partial charge in [-0.05, 0) is 44.0 Å². The summed E-state index contributed by atoms with van der Waals surface area (Å²) in [5.41, 5.74) is 1.15. The van der Waals surface area contributed by atoms with Gasteiger partial charge in [-0.3, -0.25) is 19.5 Å². The van der Waals surface area contributed by atoms with Gasteiger partial charge in [-0.25, -0.2) is 4.98 Å². The largest absolute Gasteiger partial charge is 0.350 e. The Hall–Kier alpha value is -2.80. The molecule has 2 aromatic rings. The molecular weight excluding hydrogens is 330 g/mol. The Bertz CT molecular complexity index is 715. The van der Waals surface area contributed by atoms with Crippen molar-refractivity contribution in [3.05, 3.63) is 54.6 Å². The maximum atomic E-state index is 12.1. The van der Waals surface area contributed by atoms with Crippen LogP contribution in [0.5, 0.6) is 0 Å². The maximum absolute atomic E-state index is 12.1. The van der Waals surface area contributed by atoms with Crippen molar-refractivity contribution in [1.29, 1.82) is 0 Å². The fourth-order valence-corrected chi connectivity index (χ4v) is 3.02. The molecule has 136 valence electrons. The van der Waals surface area contributed by atoms with E-state index >= 15 is 0 Å². The van der Waals surface area contributed by atoms with Gasteiger partial charge in [0.25, 0.3) is 5.91 Å². The van der Waals surface area contributed by atoms with Crippen LogP contribution >= 0.6 is 0 Å². The van der Waals surface area contributed by atoms with Crippen LogP contribution in [-0.2, 0) is 4.79 Å². The van der Waals surface area contributed by atoms with Crippen LogP contribution in [0, 0.1) is 5.92 Å². The summed E-state index contributed by atoms with van der Waals surface area (Å²) in [5, 5.41) is 5.83. The topological polar surface area (TPSA) is 87.2 Å². The standard InChI is InChI=1S/C19H23N5O2/c25-18(23-16-4-2-1-3-5-16)14-24-10-6-15(7-11-24)12-22-19(26)17-13-20-8-9-21-17/h1-5,8-9,13,15H,6-7,10-12,14H2,(H,22,26)(H,23,25). The zero-order valence-electron chi connectivity index (χ0n) is 14.6. The van der Waals surface area contributed by atoms with Crippen LogP contribution in [-0.4, -0.2) is 52.9 Å². The molecule has 0 saturated carbocycles. The summed E-state index contributed by atoms with van der Waals surface area (Å²) < 4.78 is 0. The normalized spacial score (nSPS) is 15.4. The molecule has 1 aromatic carbocycles. The van der Waals surface area contributed by atoms with Gasteiger partial charge in [0.05, 0.1) is 12.7 Å². The molecule has 7 heteroatoms. The maximum Gasteiger partial charge on any atom is 0.271 e. The summed E-state index contributed by atoms with van der Waals surface area (Å²) in [4.78, 5) is 34.2. The Morgan fingerprint density at radius 2 is 1.88 bits per heavy atom. The Kier molecular flexibility index (Phi) is 6.27. The quantitative estimate of drug-likeness (QED) is 0.823. The predicted molar refractivity (Wildman–Crippen MR) is 98.6 cm³/mol. The number of rotatable bonds is 6. The van der Waals surface area contributed by atoms with Gasteiger partial charge in [-0.1, -0.05) is 18.2 Å². The van der Waals surface area contributed by atoms with Crippen LogP contribution in [0.3, 0.4) is 0 Å². The second-order valence-corrected chi connectivity index (χ2v) is 6.43. The molecular formula is C19H23N5O2. The van der Waals surface area contributed by atoms with Crippen LogP contribution < -0.4 is 10.6 Å². The molecule has 26 heavy (non-hydrogen) atoms. The molecule has 1 fully saturated rings. The number of carbonyl (C=O) groups excluding carboxylic acids is 2. The van der Waals surface area contributed by atoms with Crippen molar-refractivity contribution in [2.24, 2.45) is 5.92 Å². The number of nitrogens with zero attached hydrogens (tertiary/aromatic N) is 3. The number of likely N-dealkylation sites (tertiary alicyclic amines) is 1. The van der Waals surface area contributed by atoms with E-state index in [2.05, 4.69) is 25.5 Å². The highest BCUT2D eigenvalue weighted by Gasteiger charge is 2.21. The third kappa shape index (κ3) is 5.35. The highest BCUT2D eigenvalue weighted by Crippen LogP contribution is 2.16. The third-order valence-corrected chi connectivity index (χ3v) is 4.48. The van der Waals surface area contributed by atoms with E-state index in [1.54, 1.807) is 6.20 Å². The minimum Gasteiger partial charge on any atom is -0.350 e. The number of para-hydroxylation sites is 1. The average molecular weight is 353 g/mol. The Morgan fingerprint density at radius 3 is 2.58 bits per heavy atom. The molecule has 1 aliphatic rings. The SMILES string of the molecule is O=C(CN1CCC(CNC(=O)c2cnccn2)CC1)Nc1ccccc1. The zero-order valence-corrected chi connectivity index (χ0v) is 14.6. The van der Waals surface area contributed by atoms with Crippen molar-refractivity contribution in [2.75, 3.05) is 31.5 Å². The zero-order chi connectivity index (χ0) is 18.2. The summed E-state index contributed by atoms with van der Waals surface area (Å²) in [7, 11) is 0.